The minimum absolute atomic E-state index is 0.00427. The van der Waals surface area contributed by atoms with Crippen molar-refractivity contribution < 1.29 is 18.0 Å². The molecule has 0 saturated carbocycles. The van der Waals surface area contributed by atoms with Gasteiger partial charge in [0.2, 0.25) is 0 Å². The molecule has 0 atom stereocenters. The van der Waals surface area contributed by atoms with E-state index in [2.05, 4.69) is 5.32 Å². The number of sulfonamides is 1. The molecular weight excluding hydrogens is 328 g/mol. The normalized spacial score (nSPS) is 11.5. The highest BCUT2D eigenvalue weighted by atomic mass is 32.2. The quantitative estimate of drug-likeness (QED) is 0.811. The second-order valence-electron chi connectivity index (χ2n) is 5.23. The number of hydrogen-bond donors (Lipinski definition) is 1. The molecule has 6 nitrogen and oxygen atoms in total. The number of carbonyl (C=O) groups is 1. The molecule has 0 aliphatic rings. The first-order chi connectivity index (χ1) is 11.4. The molecular formula is C17H20N2O4S. The largest absolute Gasteiger partial charge is 0.348 e. The second-order valence-corrected chi connectivity index (χ2v) is 7.17. The first-order valence-corrected chi connectivity index (χ1v) is 8.76. The summed E-state index contributed by atoms with van der Waals surface area (Å²) in [5.41, 5.74) is 2.36. The highest BCUT2D eigenvalue weighted by Gasteiger charge is 2.21. The highest BCUT2D eigenvalue weighted by Crippen LogP contribution is 2.16. The number of aryl methyl sites for hydroxylation is 1. The molecule has 0 radical (unpaired) electrons. The third kappa shape index (κ3) is 4.00. The molecule has 1 amide bonds. The van der Waals surface area contributed by atoms with Gasteiger partial charge in [-0.05, 0) is 36.2 Å². The Kier molecular flexibility index (Phi) is 5.71. The van der Waals surface area contributed by atoms with Crippen molar-refractivity contribution in [1.29, 1.82) is 0 Å². The van der Waals surface area contributed by atoms with Crippen LogP contribution in [0.15, 0.2) is 53.4 Å². The zero-order valence-corrected chi connectivity index (χ0v) is 14.6. The van der Waals surface area contributed by atoms with E-state index in [9.17, 15) is 13.2 Å². The van der Waals surface area contributed by atoms with Gasteiger partial charge in [0.15, 0.2) is 0 Å². The van der Waals surface area contributed by atoms with E-state index in [1.165, 1.54) is 32.4 Å². The van der Waals surface area contributed by atoms with Crippen LogP contribution >= 0.6 is 0 Å². The lowest BCUT2D eigenvalue weighted by atomic mass is 10.1. The van der Waals surface area contributed by atoms with E-state index in [-0.39, 0.29) is 16.4 Å². The standard InChI is InChI=1S/C17H20N2O4S/c1-13-7-4-5-8-15(13)12-18-17(20)14-9-6-10-16(11-14)24(21,22)19(2)23-3/h4-11H,12H2,1-3H3,(H,18,20). The Morgan fingerprint density at radius 1 is 1.17 bits per heavy atom. The van der Waals surface area contributed by atoms with Gasteiger partial charge in [0.25, 0.3) is 15.9 Å². The first-order valence-electron chi connectivity index (χ1n) is 7.32. The predicted molar refractivity (Wildman–Crippen MR) is 90.7 cm³/mol. The molecule has 0 aliphatic carbocycles. The molecule has 0 spiro atoms. The molecule has 0 heterocycles. The Balaban J connectivity index is 2.17. The molecule has 0 fully saturated rings. The van der Waals surface area contributed by atoms with Gasteiger partial charge in [-0.3, -0.25) is 9.63 Å². The molecule has 2 rings (SSSR count). The Bertz CT molecular complexity index is 834. The van der Waals surface area contributed by atoms with Crippen LogP contribution in [-0.4, -0.2) is 33.0 Å². The fraction of sp³-hybridized carbons (Fsp3) is 0.235. The van der Waals surface area contributed by atoms with Crippen molar-refractivity contribution >= 4 is 15.9 Å². The molecule has 0 saturated heterocycles. The van der Waals surface area contributed by atoms with Gasteiger partial charge in [-0.25, -0.2) is 8.42 Å². The zero-order chi connectivity index (χ0) is 17.7. The first kappa shape index (κ1) is 18.1. The molecule has 128 valence electrons. The van der Waals surface area contributed by atoms with E-state index in [4.69, 9.17) is 4.84 Å². The van der Waals surface area contributed by atoms with E-state index in [0.717, 1.165) is 15.6 Å². The van der Waals surface area contributed by atoms with E-state index < -0.39 is 10.0 Å². The summed E-state index contributed by atoms with van der Waals surface area (Å²) in [5.74, 6) is -0.338. The topological polar surface area (TPSA) is 75.7 Å². The molecule has 2 aromatic rings. The maximum Gasteiger partial charge on any atom is 0.264 e. The van der Waals surface area contributed by atoms with Crippen LogP contribution < -0.4 is 5.32 Å². The summed E-state index contributed by atoms with van der Waals surface area (Å²) >= 11 is 0. The van der Waals surface area contributed by atoms with Crippen molar-refractivity contribution in [2.45, 2.75) is 18.4 Å². The fourth-order valence-corrected chi connectivity index (χ4v) is 3.15. The molecule has 0 aliphatic heterocycles. The monoisotopic (exact) mass is 348 g/mol. The average molecular weight is 348 g/mol. The SMILES string of the molecule is CON(C)S(=O)(=O)c1cccc(C(=O)NCc2ccccc2C)c1. The van der Waals surface area contributed by atoms with Crippen molar-refractivity contribution in [1.82, 2.24) is 9.79 Å². The minimum Gasteiger partial charge on any atom is -0.348 e. The van der Waals surface area contributed by atoms with Crippen LogP contribution in [0, 0.1) is 6.92 Å². The van der Waals surface area contributed by atoms with Crippen molar-refractivity contribution in [3.05, 3.63) is 65.2 Å². The summed E-state index contributed by atoms with van der Waals surface area (Å²) in [4.78, 5) is 17.0. The third-order valence-corrected chi connectivity index (χ3v) is 5.37. The van der Waals surface area contributed by atoms with Gasteiger partial charge in [-0.2, -0.15) is 0 Å². The Morgan fingerprint density at radius 2 is 1.88 bits per heavy atom. The molecule has 24 heavy (non-hydrogen) atoms. The van der Waals surface area contributed by atoms with Gasteiger partial charge >= 0.3 is 0 Å². The number of benzene rings is 2. The van der Waals surface area contributed by atoms with Crippen LogP contribution in [-0.2, 0) is 21.4 Å². The van der Waals surface area contributed by atoms with Crippen LogP contribution in [0.5, 0.6) is 0 Å². The van der Waals surface area contributed by atoms with Gasteiger partial charge in [0.05, 0.1) is 12.0 Å². The van der Waals surface area contributed by atoms with Gasteiger partial charge in [0, 0.05) is 19.2 Å². The molecule has 0 unspecified atom stereocenters. The minimum atomic E-state index is -3.79. The number of rotatable bonds is 6. The zero-order valence-electron chi connectivity index (χ0n) is 13.8. The lowest BCUT2D eigenvalue weighted by Gasteiger charge is -2.14. The van der Waals surface area contributed by atoms with Crippen LogP contribution in [0.2, 0.25) is 0 Å². The lowest BCUT2D eigenvalue weighted by molar-refractivity contribution is -0.0258. The lowest BCUT2D eigenvalue weighted by Crippen LogP contribution is -2.27. The number of amides is 1. The van der Waals surface area contributed by atoms with Crippen LogP contribution in [0.1, 0.15) is 21.5 Å². The van der Waals surface area contributed by atoms with Crippen molar-refractivity contribution in [2.24, 2.45) is 0 Å². The summed E-state index contributed by atoms with van der Waals surface area (Å²) in [6, 6.07) is 13.6. The smallest absolute Gasteiger partial charge is 0.264 e. The number of hydroxylamine groups is 1. The maximum absolute atomic E-state index is 12.3. The summed E-state index contributed by atoms with van der Waals surface area (Å²) in [7, 11) is -1.24. The molecule has 1 N–H and O–H groups in total. The van der Waals surface area contributed by atoms with Gasteiger partial charge in [-0.1, -0.05) is 34.8 Å². The summed E-state index contributed by atoms with van der Waals surface area (Å²) in [6.45, 7) is 2.34. The Labute approximate surface area is 142 Å². The van der Waals surface area contributed by atoms with Gasteiger partial charge in [-0.15, -0.1) is 0 Å². The third-order valence-electron chi connectivity index (χ3n) is 3.69. The van der Waals surface area contributed by atoms with Crippen molar-refractivity contribution in [3.63, 3.8) is 0 Å². The number of hydrogen-bond acceptors (Lipinski definition) is 4. The maximum atomic E-state index is 12.3. The Morgan fingerprint density at radius 3 is 2.54 bits per heavy atom. The van der Waals surface area contributed by atoms with Crippen molar-refractivity contribution in [3.8, 4) is 0 Å². The van der Waals surface area contributed by atoms with E-state index in [0.29, 0.717) is 6.54 Å². The molecule has 0 aromatic heterocycles. The number of nitrogens with zero attached hydrogens (tertiary/aromatic N) is 1. The molecule has 2 aromatic carbocycles. The van der Waals surface area contributed by atoms with Crippen LogP contribution in [0.4, 0.5) is 0 Å². The summed E-state index contributed by atoms with van der Waals surface area (Å²) in [6.07, 6.45) is 0. The van der Waals surface area contributed by atoms with Gasteiger partial charge in [0.1, 0.15) is 0 Å². The fourth-order valence-electron chi connectivity index (χ4n) is 2.13. The van der Waals surface area contributed by atoms with Crippen LogP contribution in [0.3, 0.4) is 0 Å². The van der Waals surface area contributed by atoms with E-state index in [1.807, 2.05) is 31.2 Å². The molecule has 7 heteroatoms. The number of carbonyl (C=O) groups excluding carboxylic acids is 1. The average Bonchev–Trinajstić information content (AvgIpc) is 2.60. The molecule has 0 bridgehead atoms. The highest BCUT2D eigenvalue weighted by molar-refractivity contribution is 7.89. The van der Waals surface area contributed by atoms with Gasteiger partial charge < -0.3 is 5.32 Å². The number of nitrogens with one attached hydrogen (secondary N) is 1. The second kappa shape index (κ2) is 7.57. The van der Waals surface area contributed by atoms with Crippen LogP contribution in [0.25, 0.3) is 0 Å². The Hall–Kier alpha value is -2.22. The summed E-state index contributed by atoms with van der Waals surface area (Å²) < 4.78 is 25.2. The van der Waals surface area contributed by atoms with Crippen molar-refractivity contribution in [2.75, 3.05) is 14.2 Å². The predicted octanol–water partition coefficient (Wildman–Crippen LogP) is 2.11. The van der Waals surface area contributed by atoms with E-state index >= 15 is 0 Å². The van der Waals surface area contributed by atoms with E-state index in [1.54, 1.807) is 6.07 Å². The summed E-state index contributed by atoms with van der Waals surface area (Å²) in [5, 5.41) is 2.80.